The first kappa shape index (κ1) is 19.2. The number of hydrogen-bond acceptors (Lipinski definition) is 1. The Morgan fingerprint density at radius 1 is 0.741 bits per heavy atom. The van der Waals surface area contributed by atoms with Crippen LogP contribution in [0.15, 0.2) is 84.9 Å². The van der Waals surface area contributed by atoms with Crippen LogP contribution in [-0.4, -0.2) is 11.9 Å². The van der Waals surface area contributed by atoms with Crippen molar-refractivity contribution < 1.29 is 4.79 Å². The molecule has 0 saturated carbocycles. The van der Waals surface area contributed by atoms with Crippen LogP contribution in [0.1, 0.15) is 34.3 Å². The third kappa shape index (κ3) is 6.26. The van der Waals surface area contributed by atoms with Gasteiger partial charge < -0.3 is 5.32 Å². The maximum absolute atomic E-state index is 12.6. The van der Waals surface area contributed by atoms with Gasteiger partial charge in [-0.15, -0.1) is 0 Å². The maximum atomic E-state index is 12.6. The third-order valence-electron chi connectivity index (χ3n) is 4.69. The molecule has 3 rings (SSSR count). The van der Waals surface area contributed by atoms with Gasteiger partial charge in [0, 0.05) is 16.6 Å². The molecule has 2 nitrogen and oxygen atoms in total. The van der Waals surface area contributed by atoms with E-state index in [0.717, 1.165) is 30.7 Å². The number of benzene rings is 3. The van der Waals surface area contributed by atoms with Crippen molar-refractivity contribution in [1.82, 2.24) is 5.32 Å². The van der Waals surface area contributed by atoms with Crippen molar-refractivity contribution in [3.05, 3.63) is 107 Å². The summed E-state index contributed by atoms with van der Waals surface area (Å²) in [6, 6.07) is 27.9. The van der Waals surface area contributed by atoms with E-state index in [-0.39, 0.29) is 11.9 Å². The zero-order valence-electron chi connectivity index (χ0n) is 15.3. The van der Waals surface area contributed by atoms with E-state index >= 15 is 0 Å². The van der Waals surface area contributed by atoms with Gasteiger partial charge in [0.15, 0.2) is 0 Å². The van der Waals surface area contributed by atoms with Crippen molar-refractivity contribution in [3.8, 4) is 0 Å². The summed E-state index contributed by atoms with van der Waals surface area (Å²) in [7, 11) is 0. The molecule has 0 fully saturated rings. The Balaban J connectivity index is 1.63. The average molecular weight is 378 g/mol. The number of carbonyl (C=O) groups excluding carboxylic acids is 1. The third-order valence-corrected chi connectivity index (χ3v) is 4.94. The van der Waals surface area contributed by atoms with Crippen LogP contribution in [0.2, 0.25) is 5.02 Å². The molecule has 0 saturated heterocycles. The molecule has 1 unspecified atom stereocenters. The van der Waals surface area contributed by atoms with Gasteiger partial charge in [-0.25, -0.2) is 0 Å². The molecule has 1 N–H and O–H groups in total. The van der Waals surface area contributed by atoms with Gasteiger partial charge in [-0.3, -0.25) is 4.79 Å². The molecule has 0 aromatic heterocycles. The van der Waals surface area contributed by atoms with E-state index in [1.54, 1.807) is 0 Å². The number of amides is 1. The molecule has 3 heteroatoms. The first-order valence-corrected chi connectivity index (χ1v) is 9.73. The molecule has 0 aliphatic carbocycles. The first-order chi connectivity index (χ1) is 13.2. The van der Waals surface area contributed by atoms with Crippen molar-refractivity contribution >= 4 is 17.5 Å². The fraction of sp³-hybridized carbons (Fsp3) is 0.208. The van der Waals surface area contributed by atoms with E-state index in [4.69, 9.17) is 11.6 Å². The predicted molar refractivity (Wildman–Crippen MR) is 112 cm³/mol. The standard InChI is InChI=1S/C24H24ClNO/c25-22-15-11-20(12-16-22)14-18-23(17-13-19-7-3-1-4-8-19)26-24(27)21-9-5-2-6-10-21/h1-12,15-16,23H,13-14,17-18H2,(H,26,27). The van der Waals surface area contributed by atoms with Crippen molar-refractivity contribution in [2.45, 2.75) is 31.7 Å². The summed E-state index contributed by atoms with van der Waals surface area (Å²) >= 11 is 5.97. The fourth-order valence-corrected chi connectivity index (χ4v) is 3.25. The van der Waals surface area contributed by atoms with Crippen LogP contribution in [0.25, 0.3) is 0 Å². The molecule has 3 aromatic rings. The lowest BCUT2D eigenvalue weighted by molar-refractivity contribution is 0.0933. The molecule has 0 aliphatic heterocycles. The lowest BCUT2D eigenvalue weighted by atomic mass is 9.98. The Bertz CT molecular complexity index is 831. The molecule has 0 spiro atoms. The van der Waals surface area contributed by atoms with Gasteiger partial charge in [0.2, 0.25) is 0 Å². The minimum Gasteiger partial charge on any atom is -0.349 e. The molecule has 27 heavy (non-hydrogen) atoms. The fourth-order valence-electron chi connectivity index (χ4n) is 3.12. The van der Waals surface area contributed by atoms with Crippen molar-refractivity contribution in [3.63, 3.8) is 0 Å². The normalized spacial score (nSPS) is 11.7. The average Bonchev–Trinajstić information content (AvgIpc) is 2.72. The number of aryl methyl sites for hydroxylation is 2. The van der Waals surface area contributed by atoms with E-state index in [9.17, 15) is 4.79 Å². The zero-order valence-corrected chi connectivity index (χ0v) is 16.0. The Kier molecular flexibility index (Phi) is 7.06. The summed E-state index contributed by atoms with van der Waals surface area (Å²) in [5.74, 6) is -0.00947. The van der Waals surface area contributed by atoms with E-state index in [2.05, 4.69) is 41.7 Å². The number of hydrogen-bond donors (Lipinski definition) is 1. The summed E-state index contributed by atoms with van der Waals surface area (Å²) in [6.45, 7) is 0. The second-order valence-corrected chi connectivity index (χ2v) is 7.16. The van der Waals surface area contributed by atoms with Gasteiger partial charge in [-0.05, 0) is 61.1 Å². The second kappa shape index (κ2) is 9.94. The summed E-state index contributed by atoms with van der Waals surface area (Å²) < 4.78 is 0. The van der Waals surface area contributed by atoms with E-state index in [1.807, 2.05) is 48.5 Å². The van der Waals surface area contributed by atoms with Gasteiger partial charge >= 0.3 is 0 Å². The van der Waals surface area contributed by atoms with Gasteiger partial charge in [0.05, 0.1) is 0 Å². The molecular formula is C24H24ClNO. The molecule has 3 aromatic carbocycles. The molecule has 138 valence electrons. The van der Waals surface area contributed by atoms with E-state index < -0.39 is 0 Å². The lowest BCUT2D eigenvalue weighted by Gasteiger charge is -2.19. The largest absolute Gasteiger partial charge is 0.349 e. The van der Waals surface area contributed by atoms with Gasteiger partial charge in [0.25, 0.3) is 5.91 Å². The summed E-state index contributed by atoms with van der Waals surface area (Å²) in [6.07, 6.45) is 3.66. The Morgan fingerprint density at radius 3 is 1.85 bits per heavy atom. The van der Waals surface area contributed by atoms with E-state index in [1.165, 1.54) is 11.1 Å². The van der Waals surface area contributed by atoms with Crippen molar-refractivity contribution in [2.75, 3.05) is 0 Å². The Labute approximate surface area is 166 Å². The summed E-state index contributed by atoms with van der Waals surface area (Å²) in [5, 5.41) is 3.97. The van der Waals surface area contributed by atoms with Crippen molar-refractivity contribution in [1.29, 1.82) is 0 Å². The summed E-state index contributed by atoms with van der Waals surface area (Å²) in [4.78, 5) is 12.6. The van der Waals surface area contributed by atoms with Gasteiger partial charge in [-0.2, -0.15) is 0 Å². The lowest BCUT2D eigenvalue weighted by Crippen LogP contribution is -2.35. The highest BCUT2D eigenvalue weighted by molar-refractivity contribution is 6.30. The first-order valence-electron chi connectivity index (χ1n) is 9.35. The molecular weight excluding hydrogens is 354 g/mol. The minimum atomic E-state index is -0.00947. The Hall–Kier alpha value is -2.58. The number of nitrogens with one attached hydrogen (secondary N) is 1. The van der Waals surface area contributed by atoms with Crippen LogP contribution >= 0.6 is 11.6 Å². The minimum absolute atomic E-state index is 0.00947. The summed E-state index contributed by atoms with van der Waals surface area (Å²) in [5.41, 5.74) is 3.23. The molecule has 0 heterocycles. The highest BCUT2D eigenvalue weighted by atomic mass is 35.5. The van der Waals surface area contributed by atoms with Crippen LogP contribution in [-0.2, 0) is 12.8 Å². The van der Waals surface area contributed by atoms with Crippen molar-refractivity contribution in [2.24, 2.45) is 0 Å². The number of halogens is 1. The van der Waals surface area contributed by atoms with Crippen LogP contribution < -0.4 is 5.32 Å². The maximum Gasteiger partial charge on any atom is 0.251 e. The molecule has 0 bridgehead atoms. The molecule has 1 atom stereocenters. The van der Waals surface area contributed by atoms with Gasteiger partial charge in [0.1, 0.15) is 0 Å². The zero-order chi connectivity index (χ0) is 18.9. The molecule has 1 amide bonds. The van der Waals surface area contributed by atoms with Crippen LogP contribution in [0, 0.1) is 0 Å². The second-order valence-electron chi connectivity index (χ2n) is 6.73. The topological polar surface area (TPSA) is 29.1 Å². The molecule has 0 radical (unpaired) electrons. The SMILES string of the molecule is O=C(NC(CCc1ccccc1)CCc1ccc(Cl)cc1)c1ccccc1. The smallest absolute Gasteiger partial charge is 0.251 e. The highest BCUT2D eigenvalue weighted by Crippen LogP contribution is 2.15. The Morgan fingerprint density at radius 2 is 1.26 bits per heavy atom. The van der Waals surface area contributed by atoms with Crippen LogP contribution in [0.5, 0.6) is 0 Å². The number of rotatable bonds is 8. The number of carbonyl (C=O) groups is 1. The van der Waals surface area contributed by atoms with Gasteiger partial charge in [-0.1, -0.05) is 72.3 Å². The predicted octanol–water partition coefficient (Wildman–Crippen LogP) is 5.70. The van der Waals surface area contributed by atoms with Crippen LogP contribution in [0.3, 0.4) is 0 Å². The molecule has 0 aliphatic rings. The monoisotopic (exact) mass is 377 g/mol. The van der Waals surface area contributed by atoms with E-state index in [0.29, 0.717) is 5.56 Å². The van der Waals surface area contributed by atoms with Crippen LogP contribution in [0.4, 0.5) is 0 Å². The highest BCUT2D eigenvalue weighted by Gasteiger charge is 2.14. The quantitative estimate of drug-likeness (QED) is 0.535.